The van der Waals surface area contributed by atoms with Crippen LogP contribution in [-0.4, -0.2) is 44.9 Å². The number of nitrogens with zero attached hydrogens (tertiary/aromatic N) is 4. The van der Waals surface area contributed by atoms with Gasteiger partial charge in [-0.05, 0) is 36.4 Å². The Hall–Kier alpha value is -4.75. The van der Waals surface area contributed by atoms with Crippen LogP contribution < -0.4 is 20.1 Å². The summed E-state index contributed by atoms with van der Waals surface area (Å²) in [6, 6.07) is 6.73. The third-order valence-corrected chi connectivity index (χ3v) is 5.05. The largest absolute Gasteiger partial charge is 0.573 e. The van der Waals surface area contributed by atoms with Gasteiger partial charge in [0.15, 0.2) is 11.5 Å². The lowest BCUT2D eigenvalue weighted by atomic mass is 10.1. The van der Waals surface area contributed by atoms with Crippen LogP contribution in [0.5, 0.6) is 11.6 Å². The predicted octanol–water partition coefficient (Wildman–Crippen LogP) is 4.12. The van der Waals surface area contributed by atoms with Crippen LogP contribution in [0.4, 0.5) is 23.4 Å². The molecule has 0 radical (unpaired) electrons. The second kappa shape index (κ2) is 10.7. The number of carbonyl (C=O) groups is 2. The predicted molar refractivity (Wildman–Crippen MR) is 126 cm³/mol. The molecule has 4 rings (SSSR count). The number of amides is 2. The van der Waals surface area contributed by atoms with Crippen LogP contribution in [0, 0.1) is 5.82 Å². The molecule has 0 aliphatic heterocycles. The van der Waals surface area contributed by atoms with Crippen molar-refractivity contribution >= 4 is 23.3 Å². The van der Waals surface area contributed by atoms with Crippen LogP contribution in [0.3, 0.4) is 0 Å². The monoisotopic (exact) mass is 533 g/mol. The Morgan fingerprint density at radius 3 is 2.68 bits per heavy atom. The highest BCUT2D eigenvalue weighted by molar-refractivity contribution is 5.97. The number of ether oxygens (including phenoxy) is 2. The number of fused-ring (bicyclic) bond motifs is 1. The number of imidazole rings is 1. The first kappa shape index (κ1) is 24.9. The zero-order chi connectivity index (χ0) is 28.3. The highest BCUT2D eigenvalue weighted by atomic mass is 19.4. The maximum atomic E-state index is 14.3. The zero-order valence-electron chi connectivity index (χ0n) is 20.8. The number of alkyl halides is 3. The summed E-state index contributed by atoms with van der Waals surface area (Å²) >= 11 is 0. The Kier molecular flexibility index (Phi) is 7.02. The van der Waals surface area contributed by atoms with Gasteiger partial charge in [0.1, 0.15) is 17.1 Å². The molecule has 1 unspecified atom stereocenters. The molecule has 4 aromatic rings. The first-order valence-corrected chi connectivity index (χ1v) is 11.0. The number of nitrogens with one attached hydrogen (secondary N) is 2. The van der Waals surface area contributed by atoms with Crippen LogP contribution in [0.15, 0.2) is 48.8 Å². The molecular formula is C24H20F4N6O4. The molecule has 1 atom stereocenters. The molecule has 2 N–H and O–H groups in total. The van der Waals surface area contributed by atoms with E-state index in [1.165, 1.54) is 30.1 Å². The van der Waals surface area contributed by atoms with Gasteiger partial charge < -0.3 is 20.1 Å². The number of carbonyl (C=O) groups excluding carboxylic acids is 2. The lowest BCUT2D eigenvalue weighted by Gasteiger charge is -2.13. The number of pyridine rings is 1. The van der Waals surface area contributed by atoms with Crippen molar-refractivity contribution in [2.75, 3.05) is 12.4 Å². The van der Waals surface area contributed by atoms with Crippen molar-refractivity contribution in [1.29, 1.82) is 0 Å². The van der Waals surface area contributed by atoms with Gasteiger partial charge in [-0.25, -0.2) is 18.9 Å². The molecule has 0 aliphatic carbocycles. The first-order valence-electron chi connectivity index (χ1n) is 11.5. The molecule has 3 aromatic heterocycles. The summed E-state index contributed by atoms with van der Waals surface area (Å²) in [5, 5.41) is 9.25. The number of methoxy groups -OCH3 is 1. The lowest BCUT2D eigenvalue weighted by Crippen LogP contribution is -2.24. The second-order valence-electron chi connectivity index (χ2n) is 7.68. The van der Waals surface area contributed by atoms with Crippen molar-refractivity contribution < 1.29 is 38.0 Å². The Labute approximate surface area is 214 Å². The Morgan fingerprint density at radius 2 is 1.97 bits per heavy atom. The average molecular weight is 533 g/mol. The minimum absolute atomic E-state index is 0.119. The zero-order valence-corrected chi connectivity index (χ0v) is 19.8. The van der Waals surface area contributed by atoms with Gasteiger partial charge in [-0.2, -0.15) is 5.10 Å². The van der Waals surface area contributed by atoms with Crippen LogP contribution in [0.1, 0.15) is 30.6 Å². The Morgan fingerprint density at radius 1 is 1.18 bits per heavy atom. The summed E-state index contributed by atoms with van der Waals surface area (Å²) in [7, 11) is 1.26. The molecule has 2 amide bonds. The van der Waals surface area contributed by atoms with Crippen LogP contribution in [-0.2, 0) is 11.3 Å². The van der Waals surface area contributed by atoms with Crippen molar-refractivity contribution in [3.8, 4) is 22.9 Å². The third-order valence-electron chi connectivity index (χ3n) is 5.05. The molecule has 10 nitrogen and oxygen atoms in total. The number of hydrogen-bond donors (Lipinski definition) is 2. The minimum Gasteiger partial charge on any atom is -0.480 e. The molecule has 3 heterocycles. The van der Waals surface area contributed by atoms with Gasteiger partial charge in [0, 0.05) is 30.3 Å². The van der Waals surface area contributed by atoms with Crippen LogP contribution in [0.2, 0.25) is 0 Å². The Balaban J connectivity index is 1.60. The number of aromatic nitrogens is 4. The van der Waals surface area contributed by atoms with E-state index >= 15 is 0 Å². The summed E-state index contributed by atoms with van der Waals surface area (Å²) in [5.74, 6) is -2.71. The number of halogens is 4. The third kappa shape index (κ3) is 6.14. The van der Waals surface area contributed by atoms with Gasteiger partial charge in [0.25, 0.3) is 5.91 Å². The highest BCUT2D eigenvalue weighted by Gasteiger charge is 2.31. The van der Waals surface area contributed by atoms with Crippen molar-refractivity contribution in [3.63, 3.8) is 0 Å². The minimum atomic E-state index is -5.02. The van der Waals surface area contributed by atoms with E-state index < -0.39 is 35.9 Å². The van der Waals surface area contributed by atoms with Crippen LogP contribution >= 0.6 is 0 Å². The average Bonchev–Trinajstić information content (AvgIpc) is 3.29. The van der Waals surface area contributed by atoms with Gasteiger partial charge in [0.05, 0.1) is 20.4 Å². The van der Waals surface area contributed by atoms with E-state index in [4.69, 9.17) is 6.11 Å². The number of anilines is 1. The fourth-order valence-corrected chi connectivity index (χ4v) is 3.30. The van der Waals surface area contributed by atoms with E-state index in [2.05, 4.69) is 30.4 Å². The molecule has 0 fully saturated rings. The fourth-order valence-electron chi connectivity index (χ4n) is 3.30. The van der Waals surface area contributed by atoms with E-state index in [0.717, 1.165) is 6.07 Å². The van der Waals surface area contributed by atoms with E-state index in [0.29, 0.717) is 34.9 Å². The van der Waals surface area contributed by atoms with Gasteiger partial charge >= 0.3 is 6.36 Å². The highest BCUT2D eigenvalue weighted by Crippen LogP contribution is 2.26. The number of rotatable bonds is 8. The topological polar surface area (TPSA) is 120 Å². The molecule has 0 spiro atoms. The SMILES string of the molecule is [2H]C(NC(=O)c1cc(-c2ccc3nc(NC(=O)CC)cn3n2)cnc1OC)c1cc(OC(F)(F)F)ccc1F. The molecule has 1 aromatic carbocycles. The van der Waals surface area contributed by atoms with Crippen molar-refractivity contribution in [3.05, 3.63) is 65.7 Å². The van der Waals surface area contributed by atoms with Gasteiger partial charge in [-0.3, -0.25) is 9.59 Å². The molecule has 38 heavy (non-hydrogen) atoms. The van der Waals surface area contributed by atoms with Crippen LogP contribution in [0.25, 0.3) is 16.9 Å². The summed E-state index contributed by atoms with van der Waals surface area (Å²) in [6.45, 7) is -0.0926. The maximum Gasteiger partial charge on any atom is 0.573 e. The van der Waals surface area contributed by atoms with Gasteiger partial charge in [-0.1, -0.05) is 6.92 Å². The van der Waals surface area contributed by atoms with Gasteiger partial charge in [-0.15, -0.1) is 13.2 Å². The summed E-state index contributed by atoms with van der Waals surface area (Å²) in [5.41, 5.74) is 0.484. The van der Waals surface area contributed by atoms with Gasteiger partial charge in [0.2, 0.25) is 11.8 Å². The molecule has 0 aliphatic rings. The molecule has 0 saturated carbocycles. The van der Waals surface area contributed by atoms with E-state index in [1.54, 1.807) is 19.1 Å². The summed E-state index contributed by atoms with van der Waals surface area (Å²) in [6.07, 6.45) is -1.86. The quantitative estimate of drug-likeness (QED) is 0.327. The lowest BCUT2D eigenvalue weighted by molar-refractivity contribution is -0.274. The molecular weight excluding hydrogens is 512 g/mol. The molecule has 0 saturated heterocycles. The Bertz CT molecular complexity index is 1550. The first-order chi connectivity index (χ1) is 18.5. The number of hydrogen-bond acceptors (Lipinski definition) is 7. The second-order valence-corrected chi connectivity index (χ2v) is 7.68. The summed E-state index contributed by atoms with van der Waals surface area (Å²) < 4.78 is 70.4. The standard InChI is InChI=1S/C24H20F4N6O4/c1-3-21(35)32-19-12-34-20(31-19)7-6-18(33-34)14-9-16(23(37-2)30-11-14)22(36)29-10-13-8-15(4-5-17(13)25)38-24(26,27)28/h4-9,11-12H,3,10H2,1-2H3,(H,29,36)(H,32,35)/i10D. The van der Waals surface area contributed by atoms with E-state index in [9.17, 15) is 27.2 Å². The smallest absolute Gasteiger partial charge is 0.480 e. The van der Waals surface area contributed by atoms with Crippen molar-refractivity contribution in [2.45, 2.75) is 26.2 Å². The fraction of sp³-hybridized carbons (Fsp3) is 0.208. The van der Waals surface area contributed by atoms with Crippen molar-refractivity contribution in [1.82, 2.24) is 24.9 Å². The molecule has 14 heteroatoms. The molecule has 0 bridgehead atoms. The summed E-state index contributed by atoms with van der Waals surface area (Å²) in [4.78, 5) is 33.0. The number of benzene rings is 1. The van der Waals surface area contributed by atoms with E-state index in [-0.39, 0.29) is 23.8 Å². The van der Waals surface area contributed by atoms with Crippen molar-refractivity contribution in [2.24, 2.45) is 0 Å². The normalized spacial score (nSPS) is 12.5. The maximum absolute atomic E-state index is 14.3. The molecule has 198 valence electrons. The van der Waals surface area contributed by atoms with E-state index in [1.807, 2.05) is 0 Å².